The van der Waals surface area contributed by atoms with Crippen LogP contribution in [-0.4, -0.2) is 28.3 Å². The normalized spacial score (nSPS) is 11.0. The van der Waals surface area contributed by atoms with Crippen molar-refractivity contribution in [1.82, 2.24) is 15.3 Å². The molecule has 154 valence electrons. The molecule has 2 N–H and O–H groups in total. The Morgan fingerprint density at radius 2 is 1.53 bits per heavy atom. The van der Waals surface area contributed by atoms with E-state index in [0.29, 0.717) is 17.1 Å². The molecule has 0 aliphatic heterocycles. The highest BCUT2D eigenvalue weighted by Gasteiger charge is 2.14. The molecule has 2 amide bonds. The van der Waals surface area contributed by atoms with Crippen molar-refractivity contribution < 1.29 is 9.59 Å². The van der Waals surface area contributed by atoms with Crippen LogP contribution in [0.2, 0.25) is 0 Å². The van der Waals surface area contributed by atoms with Crippen molar-refractivity contribution in [2.45, 2.75) is 32.6 Å². The van der Waals surface area contributed by atoms with Gasteiger partial charge in [-0.2, -0.15) is 0 Å². The molecule has 0 saturated carbocycles. The van der Waals surface area contributed by atoms with Gasteiger partial charge in [-0.3, -0.25) is 9.59 Å². The average molecular weight is 402 g/mol. The Hall–Kier alpha value is -3.54. The second kappa shape index (κ2) is 9.31. The van der Waals surface area contributed by atoms with Crippen LogP contribution in [0.5, 0.6) is 0 Å². The number of nitrogens with zero attached hydrogens (tertiary/aromatic N) is 2. The Balaban J connectivity index is 1.46. The quantitative estimate of drug-likeness (QED) is 0.647. The molecular formula is C24H26N4O2. The van der Waals surface area contributed by atoms with Crippen molar-refractivity contribution in [1.29, 1.82) is 0 Å². The van der Waals surface area contributed by atoms with E-state index in [0.717, 1.165) is 5.56 Å². The summed E-state index contributed by atoms with van der Waals surface area (Å²) < 4.78 is 0. The van der Waals surface area contributed by atoms with E-state index in [1.807, 2.05) is 54.6 Å². The summed E-state index contributed by atoms with van der Waals surface area (Å²) in [4.78, 5) is 32.9. The summed E-state index contributed by atoms with van der Waals surface area (Å²) in [5.74, 6) is 0.187. The van der Waals surface area contributed by atoms with Crippen LogP contribution in [0, 0.1) is 0 Å². The fraction of sp³-hybridized carbons (Fsp3) is 0.250. The molecule has 0 radical (unpaired) electrons. The van der Waals surface area contributed by atoms with Crippen molar-refractivity contribution >= 4 is 17.5 Å². The molecule has 30 heavy (non-hydrogen) atoms. The van der Waals surface area contributed by atoms with Crippen LogP contribution in [0.1, 0.15) is 43.1 Å². The predicted octanol–water partition coefficient (Wildman–Crippen LogP) is 4.20. The number of amides is 2. The zero-order chi connectivity index (χ0) is 21.6. The minimum Gasteiger partial charge on any atom is -0.352 e. The number of rotatable bonds is 6. The summed E-state index contributed by atoms with van der Waals surface area (Å²) in [5, 5.41) is 5.52. The van der Waals surface area contributed by atoms with Gasteiger partial charge in [-0.15, -0.1) is 0 Å². The molecule has 0 saturated heterocycles. The number of hydrogen-bond acceptors (Lipinski definition) is 4. The Kier molecular flexibility index (Phi) is 6.57. The van der Waals surface area contributed by atoms with Crippen molar-refractivity contribution in [3.8, 4) is 11.4 Å². The fourth-order valence-electron chi connectivity index (χ4n) is 2.87. The first-order chi connectivity index (χ1) is 14.3. The fourth-order valence-corrected chi connectivity index (χ4v) is 2.87. The number of benzene rings is 2. The lowest BCUT2D eigenvalue weighted by Crippen LogP contribution is -2.27. The third-order valence-corrected chi connectivity index (χ3v) is 4.62. The van der Waals surface area contributed by atoms with Crippen LogP contribution in [0.25, 0.3) is 11.4 Å². The lowest BCUT2D eigenvalue weighted by atomic mass is 9.87. The lowest BCUT2D eigenvalue weighted by Gasteiger charge is -2.19. The van der Waals surface area contributed by atoms with Gasteiger partial charge in [0, 0.05) is 24.1 Å². The summed E-state index contributed by atoms with van der Waals surface area (Å²) in [7, 11) is 0. The number of carbonyl (C=O) groups excluding carboxylic acids is 2. The molecule has 2 aromatic carbocycles. The largest absolute Gasteiger partial charge is 0.352 e. The molecule has 0 aliphatic rings. The number of carbonyl (C=O) groups is 2. The molecular weight excluding hydrogens is 376 g/mol. The Morgan fingerprint density at radius 3 is 2.13 bits per heavy atom. The van der Waals surface area contributed by atoms with E-state index in [9.17, 15) is 9.59 Å². The molecule has 0 atom stereocenters. The summed E-state index contributed by atoms with van der Waals surface area (Å²) in [6, 6.07) is 17.1. The summed E-state index contributed by atoms with van der Waals surface area (Å²) in [6.45, 7) is 6.62. The van der Waals surface area contributed by atoms with E-state index in [2.05, 4.69) is 41.4 Å². The second-order valence-electron chi connectivity index (χ2n) is 8.04. The molecule has 3 aromatic rings. The van der Waals surface area contributed by atoms with Crippen molar-refractivity contribution in [3.63, 3.8) is 0 Å². The van der Waals surface area contributed by atoms with Gasteiger partial charge in [-0.1, -0.05) is 63.2 Å². The summed E-state index contributed by atoms with van der Waals surface area (Å²) in [5.41, 5.74) is 3.21. The van der Waals surface area contributed by atoms with Gasteiger partial charge in [0.05, 0.1) is 18.1 Å². The monoisotopic (exact) mass is 402 g/mol. The molecule has 6 nitrogen and oxygen atoms in total. The van der Waals surface area contributed by atoms with E-state index in [-0.39, 0.29) is 30.2 Å². The highest BCUT2D eigenvalue weighted by molar-refractivity contribution is 5.95. The first-order valence-electron chi connectivity index (χ1n) is 9.89. The molecule has 6 heteroatoms. The van der Waals surface area contributed by atoms with Crippen LogP contribution in [0.3, 0.4) is 0 Å². The molecule has 1 aromatic heterocycles. The maximum atomic E-state index is 12.3. The van der Waals surface area contributed by atoms with Gasteiger partial charge in [0.25, 0.3) is 5.91 Å². The van der Waals surface area contributed by atoms with E-state index >= 15 is 0 Å². The zero-order valence-corrected chi connectivity index (χ0v) is 17.5. The van der Waals surface area contributed by atoms with Crippen molar-refractivity contribution in [2.75, 3.05) is 11.9 Å². The highest BCUT2D eigenvalue weighted by Crippen LogP contribution is 2.22. The lowest BCUT2D eigenvalue weighted by molar-refractivity contribution is -0.116. The first-order valence-corrected chi connectivity index (χ1v) is 9.89. The van der Waals surface area contributed by atoms with Gasteiger partial charge in [-0.05, 0) is 23.1 Å². The number of hydrogen-bond donors (Lipinski definition) is 2. The maximum absolute atomic E-state index is 12.3. The van der Waals surface area contributed by atoms with Gasteiger partial charge in [0.2, 0.25) is 5.91 Å². The van der Waals surface area contributed by atoms with Gasteiger partial charge in [0.1, 0.15) is 0 Å². The van der Waals surface area contributed by atoms with Crippen molar-refractivity contribution in [3.05, 3.63) is 78.1 Å². The summed E-state index contributed by atoms with van der Waals surface area (Å²) >= 11 is 0. The second-order valence-corrected chi connectivity index (χ2v) is 8.04. The average Bonchev–Trinajstić information content (AvgIpc) is 2.74. The number of aromatic nitrogens is 2. The SMILES string of the molecule is CC(C)(C)c1ccc(C(=O)NCCC(=O)Nc2cnc(-c3ccccc3)nc2)cc1. The summed E-state index contributed by atoms with van der Waals surface area (Å²) in [6.07, 6.45) is 3.30. The smallest absolute Gasteiger partial charge is 0.251 e. The molecule has 0 unspecified atom stereocenters. The minimum absolute atomic E-state index is 0.0378. The molecule has 0 bridgehead atoms. The van der Waals surface area contributed by atoms with E-state index in [1.165, 1.54) is 5.56 Å². The predicted molar refractivity (Wildman–Crippen MR) is 118 cm³/mol. The van der Waals surface area contributed by atoms with Crippen LogP contribution in [0.4, 0.5) is 5.69 Å². The highest BCUT2D eigenvalue weighted by atomic mass is 16.2. The van der Waals surface area contributed by atoms with Gasteiger partial charge in [0.15, 0.2) is 5.82 Å². The maximum Gasteiger partial charge on any atom is 0.251 e. The topological polar surface area (TPSA) is 84.0 Å². The number of nitrogens with one attached hydrogen (secondary N) is 2. The van der Waals surface area contributed by atoms with E-state index < -0.39 is 0 Å². The molecule has 0 spiro atoms. The van der Waals surface area contributed by atoms with Crippen LogP contribution >= 0.6 is 0 Å². The first kappa shape index (κ1) is 21.2. The van der Waals surface area contributed by atoms with Crippen LogP contribution in [-0.2, 0) is 10.2 Å². The van der Waals surface area contributed by atoms with Crippen LogP contribution < -0.4 is 10.6 Å². The minimum atomic E-state index is -0.213. The van der Waals surface area contributed by atoms with E-state index in [1.54, 1.807) is 12.4 Å². The Morgan fingerprint density at radius 1 is 0.900 bits per heavy atom. The zero-order valence-electron chi connectivity index (χ0n) is 17.5. The molecule has 0 aliphatic carbocycles. The molecule has 1 heterocycles. The number of anilines is 1. The third-order valence-electron chi connectivity index (χ3n) is 4.62. The molecule has 0 fully saturated rings. The van der Waals surface area contributed by atoms with Crippen LogP contribution in [0.15, 0.2) is 67.0 Å². The Labute approximate surface area is 176 Å². The third kappa shape index (κ3) is 5.73. The Bertz CT molecular complexity index is 992. The van der Waals surface area contributed by atoms with Crippen molar-refractivity contribution in [2.24, 2.45) is 0 Å². The molecule has 3 rings (SSSR count). The van der Waals surface area contributed by atoms with Gasteiger partial charge < -0.3 is 10.6 Å². The van der Waals surface area contributed by atoms with Gasteiger partial charge >= 0.3 is 0 Å². The standard InChI is InChI=1S/C24H26N4O2/c1-24(2,3)19-11-9-18(10-12-19)23(30)25-14-13-21(29)28-20-15-26-22(27-16-20)17-7-5-4-6-8-17/h4-12,15-16H,13-14H2,1-3H3,(H,25,30)(H,28,29). The van der Waals surface area contributed by atoms with E-state index in [4.69, 9.17) is 0 Å². The van der Waals surface area contributed by atoms with Gasteiger partial charge in [-0.25, -0.2) is 9.97 Å².